The van der Waals surface area contributed by atoms with Gasteiger partial charge in [-0.1, -0.05) is 42.5 Å². The first-order chi connectivity index (χ1) is 16.3. The van der Waals surface area contributed by atoms with Crippen LogP contribution >= 0.6 is 0 Å². The molecule has 0 aromatic heterocycles. The number of primary amides is 2. The fourth-order valence-electron chi connectivity index (χ4n) is 3.50. The molecule has 3 aromatic carbocycles. The first-order valence-corrected chi connectivity index (χ1v) is 10.8. The highest BCUT2D eigenvalue weighted by Gasteiger charge is 2.21. The molecule has 4 amide bonds. The number of ether oxygens (including phenoxy) is 1. The molecule has 0 saturated carbocycles. The summed E-state index contributed by atoms with van der Waals surface area (Å²) in [5.74, 6) is 0.507. The van der Waals surface area contributed by atoms with Crippen LogP contribution in [0.3, 0.4) is 0 Å². The Labute approximate surface area is 198 Å². The van der Waals surface area contributed by atoms with E-state index in [0.717, 1.165) is 11.1 Å². The zero-order valence-corrected chi connectivity index (χ0v) is 18.8. The van der Waals surface area contributed by atoms with Gasteiger partial charge in [0.2, 0.25) is 0 Å². The van der Waals surface area contributed by atoms with E-state index in [4.69, 9.17) is 16.2 Å². The van der Waals surface area contributed by atoms with Crippen LogP contribution in [0.2, 0.25) is 0 Å². The molecule has 0 fully saturated rings. The number of nitrogens with two attached hydrogens (primary N) is 2. The van der Waals surface area contributed by atoms with Crippen molar-refractivity contribution in [1.29, 1.82) is 0 Å². The normalized spacial score (nSPS) is 12.6. The van der Waals surface area contributed by atoms with Crippen LogP contribution in [0.1, 0.15) is 24.0 Å². The molecule has 0 aliphatic rings. The van der Waals surface area contributed by atoms with Gasteiger partial charge in [-0.25, -0.2) is 9.59 Å². The number of amides is 4. The Kier molecular flexibility index (Phi) is 8.44. The van der Waals surface area contributed by atoms with Gasteiger partial charge in [-0.3, -0.25) is 5.32 Å². The molecule has 0 saturated heterocycles. The van der Waals surface area contributed by atoms with Crippen molar-refractivity contribution in [1.82, 2.24) is 5.32 Å². The minimum Gasteiger partial charge on any atom is -0.473 e. The van der Waals surface area contributed by atoms with Crippen molar-refractivity contribution in [3.05, 3.63) is 90.0 Å². The van der Waals surface area contributed by atoms with Gasteiger partial charge in [0.15, 0.2) is 6.23 Å². The van der Waals surface area contributed by atoms with Crippen LogP contribution < -0.4 is 32.2 Å². The molecule has 8 N–H and O–H groups in total. The Morgan fingerprint density at radius 3 is 1.71 bits per heavy atom. The number of nitrogens with one attached hydrogen (secondary N) is 3. The lowest BCUT2D eigenvalue weighted by Gasteiger charge is -2.26. The summed E-state index contributed by atoms with van der Waals surface area (Å²) in [6.45, 7) is 2.10. The number of carbonyl (C=O) groups is 2. The van der Waals surface area contributed by atoms with Crippen LogP contribution in [0.4, 0.5) is 21.0 Å². The lowest BCUT2D eigenvalue weighted by atomic mass is 9.90. The summed E-state index contributed by atoms with van der Waals surface area (Å²) >= 11 is 0. The van der Waals surface area contributed by atoms with E-state index in [1.54, 1.807) is 31.2 Å². The predicted octanol–water partition coefficient (Wildman–Crippen LogP) is 3.18. The molecular weight excluding hydrogens is 434 g/mol. The smallest absolute Gasteiger partial charge is 0.316 e. The van der Waals surface area contributed by atoms with Crippen molar-refractivity contribution < 1.29 is 19.4 Å². The lowest BCUT2D eigenvalue weighted by Crippen LogP contribution is -2.44. The first kappa shape index (κ1) is 24.6. The van der Waals surface area contributed by atoms with E-state index < -0.39 is 24.4 Å². The van der Waals surface area contributed by atoms with Gasteiger partial charge in [0.25, 0.3) is 0 Å². The lowest BCUT2D eigenvalue weighted by molar-refractivity contribution is 0.0267. The van der Waals surface area contributed by atoms with E-state index >= 15 is 0 Å². The topological polar surface area (TPSA) is 152 Å². The van der Waals surface area contributed by atoms with Gasteiger partial charge >= 0.3 is 12.1 Å². The zero-order valence-electron chi connectivity index (χ0n) is 18.8. The fourth-order valence-corrected chi connectivity index (χ4v) is 3.50. The molecule has 0 heterocycles. The van der Waals surface area contributed by atoms with Crippen molar-refractivity contribution in [2.45, 2.75) is 25.2 Å². The SMILES string of the molecule is CC(O)C(NCC(c1ccc(NC(N)=O)cc1)c1ccc(NC(N)=O)cc1)Oc1ccccc1. The Hall–Kier alpha value is -4.08. The number of benzene rings is 3. The van der Waals surface area contributed by atoms with E-state index in [0.29, 0.717) is 23.7 Å². The van der Waals surface area contributed by atoms with Crippen molar-refractivity contribution >= 4 is 23.4 Å². The summed E-state index contributed by atoms with van der Waals surface area (Å²) in [5, 5.41) is 18.7. The average molecular weight is 464 g/mol. The summed E-state index contributed by atoms with van der Waals surface area (Å²) in [5.41, 5.74) is 13.5. The standard InChI is InChI=1S/C25H29N5O4/c1-16(31)23(34-21-5-3-2-4-6-21)28-15-22(17-7-11-19(12-8-17)29-24(26)32)18-9-13-20(14-10-18)30-25(27)33/h2-14,16,22-23,28,31H,15H2,1H3,(H3,26,29,32)(H3,27,30,33). The quantitative estimate of drug-likeness (QED) is 0.255. The fraction of sp³-hybridized carbons (Fsp3) is 0.200. The maximum absolute atomic E-state index is 11.1. The third kappa shape index (κ3) is 7.22. The van der Waals surface area contributed by atoms with E-state index in [1.165, 1.54) is 0 Å². The maximum Gasteiger partial charge on any atom is 0.316 e. The predicted molar refractivity (Wildman–Crippen MR) is 132 cm³/mol. The molecule has 2 atom stereocenters. The van der Waals surface area contributed by atoms with Gasteiger partial charge in [0.1, 0.15) is 11.9 Å². The molecule has 0 radical (unpaired) electrons. The van der Waals surface area contributed by atoms with Crippen LogP contribution in [-0.2, 0) is 0 Å². The molecule has 9 heteroatoms. The van der Waals surface area contributed by atoms with Crippen LogP contribution in [0, 0.1) is 0 Å². The molecule has 178 valence electrons. The van der Waals surface area contributed by atoms with Crippen molar-refractivity contribution in [2.24, 2.45) is 11.5 Å². The number of carbonyl (C=O) groups excluding carboxylic acids is 2. The number of anilines is 2. The van der Waals surface area contributed by atoms with E-state index in [-0.39, 0.29) is 5.92 Å². The van der Waals surface area contributed by atoms with Crippen LogP contribution in [0.5, 0.6) is 5.75 Å². The molecule has 0 aliphatic carbocycles. The number of aliphatic hydroxyl groups excluding tert-OH is 1. The molecule has 0 aliphatic heterocycles. The zero-order chi connectivity index (χ0) is 24.5. The minimum absolute atomic E-state index is 0.133. The van der Waals surface area contributed by atoms with Gasteiger partial charge in [0.05, 0.1) is 0 Å². The van der Waals surface area contributed by atoms with Gasteiger partial charge in [-0.15, -0.1) is 0 Å². The molecule has 2 unspecified atom stereocenters. The second-order valence-electron chi connectivity index (χ2n) is 7.78. The Bertz CT molecular complexity index is 1010. The van der Waals surface area contributed by atoms with E-state index in [9.17, 15) is 14.7 Å². The number of hydrogen-bond acceptors (Lipinski definition) is 5. The average Bonchev–Trinajstić information content (AvgIpc) is 2.80. The Morgan fingerprint density at radius 1 is 0.824 bits per heavy atom. The minimum atomic E-state index is -0.773. The van der Waals surface area contributed by atoms with Crippen molar-refractivity contribution in [3.63, 3.8) is 0 Å². The molecule has 3 rings (SSSR count). The van der Waals surface area contributed by atoms with Crippen molar-refractivity contribution in [2.75, 3.05) is 17.2 Å². The van der Waals surface area contributed by atoms with Gasteiger partial charge in [-0.2, -0.15) is 0 Å². The number of hydrogen-bond donors (Lipinski definition) is 6. The van der Waals surface area contributed by atoms with E-state index in [2.05, 4.69) is 16.0 Å². The van der Waals surface area contributed by atoms with Crippen molar-refractivity contribution in [3.8, 4) is 5.75 Å². The summed E-state index contributed by atoms with van der Waals surface area (Å²) in [6, 6.07) is 22.6. The monoisotopic (exact) mass is 463 g/mol. The summed E-state index contributed by atoms with van der Waals surface area (Å²) in [7, 11) is 0. The highest BCUT2D eigenvalue weighted by molar-refractivity contribution is 5.88. The molecule has 0 bridgehead atoms. The largest absolute Gasteiger partial charge is 0.473 e. The summed E-state index contributed by atoms with van der Waals surface area (Å²) < 4.78 is 5.94. The molecule has 3 aromatic rings. The first-order valence-electron chi connectivity index (χ1n) is 10.8. The second kappa shape index (κ2) is 11.7. The summed E-state index contributed by atoms with van der Waals surface area (Å²) in [4.78, 5) is 22.3. The molecular formula is C25H29N5O4. The van der Waals surface area contributed by atoms with Gasteiger partial charge in [-0.05, 0) is 54.4 Å². The van der Waals surface area contributed by atoms with Gasteiger partial charge < -0.3 is 31.9 Å². The van der Waals surface area contributed by atoms with Crippen LogP contribution in [0.15, 0.2) is 78.9 Å². The van der Waals surface area contributed by atoms with Crippen LogP contribution in [-0.4, -0.2) is 36.0 Å². The van der Waals surface area contributed by atoms with Gasteiger partial charge in [0, 0.05) is 23.8 Å². The second-order valence-corrected chi connectivity index (χ2v) is 7.78. The third-order valence-electron chi connectivity index (χ3n) is 5.13. The molecule has 0 spiro atoms. The third-order valence-corrected chi connectivity index (χ3v) is 5.13. The summed E-state index contributed by atoms with van der Waals surface area (Å²) in [6.07, 6.45) is -1.42. The Morgan fingerprint density at radius 2 is 1.29 bits per heavy atom. The Balaban J connectivity index is 1.83. The number of para-hydroxylation sites is 1. The number of rotatable bonds is 10. The molecule has 34 heavy (non-hydrogen) atoms. The van der Waals surface area contributed by atoms with E-state index in [1.807, 2.05) is 54.6 Å². The highest BCUT2D eigenvalue weighted by Crippen LogP contribution is 2.27. The van der Waals surface area contributed by atoms with Crippen LogP contribution in [0.25, 0.3) is 0 Å². The highest BCUT2D eigenvalue weighted by atomic mass is 16.5. The number of urea groups is 2. The number of aliphatic hydroxyl groups is 1. The maximum atomic E-state index is 11.1. The molecule has 9 nitrogen and oxygen atoms in total.